The van der Waals surface area contributed by atoms with Gasteiger partial charge in [0.05, 0.1) is 0 Å². The fourth-order valence-corrected chi connectivity index (χ4v) is 3.19. The molecule has 1 amide bonds. The van der Waals surface area contributed by atoms with E-state index in [0.29, 0.717) is 12.3 Å². The summed E-state index contributed by atoms with van der Waals surface area (Å²) in [6.45, 7) is 0. The first-order chi connectivity index (χ1) is 9.16. The molecule has 1 aliphatic heterocycles. The summed E-state index contributed by atoms with van der Waals surface area (Å²) in [5, 5.41) is 11.5. The number of carbonyl (C=O) groups is 2. The summed E-state index contributed by atoms with van der Waals surface area (Å²) >= 11 is 1.90. The summed E-state index contributed by atoms with van der Waals surface area (Å²) in [6.07, 6.45) is 5.13. The van der Waals surface area contributed by atoms with Gasteiger partial charge in [0.15, 0.2) is 11.5 Å². The van der Waals surface area contributed by atoms with Crippen LogP contribution in [0.2, 0.25) is 0 Å². The number of carboxylic acid groups (broad SMARTS) is 1. The number of amides is 1. The molecule has 1 aromatic heterocycles. The van der Waals surface area contributed by atoms with Gasteiger partial charge in [0.2, 0.25) is 5.91 Å². The van der Waals surface area contributed by atoms with Crippen LogP contribution in [0.5, 0.6) is 0 Å². The van der Waals surface area contributed by atoms with Crippen LogP contribution in [0.3, 0.4) is 0 Å². The Morgan fingerprint density at radius 1 is 1.32 bits per heavy atom. The van der Waals surface area contributed by atoms with E-state index in [2.05, 4.69) is 15.3 Å². The van der Waals surface area contributed by atoms with Gasteiger partial charge in [-0.1, -0.05) is 0 Å². The van der Waals surface area contributed by atoms with Gasteiger partial charge < -0.3 is 10.4 Å². The third kappa shape index (κ3) is 3.92. The number of thioether (sulfide) groups is 1. The van der Waals surface area contributed by atoms with Gasteiger partial charge in [-0.05, 0) is 30.3 Å². The first-order valence-electron chi connectivity index (χ1n) is 6.08. The second kappa shape index (κ2) is 6.51. The molecule has 1 aliphatic rings. The monoisotopic (exact) mass is 281 g/mol. The van der Waals surface area contributed by atoms with Crippen molar-refractivity contribution in [3.05, 3.63) is 18.1 Å². The van der Waals surface area contributed by atoms with Crippen molar-refractivity contribution in [3.8, 4) is 0 Å². The Morgan fingerprint density at radius 2 is 2.00 bits per heavy atom. The molecule has 0 unspecified atom stereocenters. The van der Waals surface area contributed by atoms with E-state index in [1.165, 1.54) is 12.4 Å². The number of hydrogen-bond acceptors (Lipinski definition) is 5. The molecule has 2 rings (SSSR count). The van der Waals surface area contributed by atoms with Crippen LogP contribution in [0.15, 0.2) is 12.4 Å². The van der Waals surface area contributed by atoms with E-state index in [0.717, 1.165) is 24.3 Å². The molecule has 6 nitrogen and oxygen atoms in total. The normalized spacial score (nSPS) is 16.0. The van der Waals surface area contributed by atoms with Gasteiger partial charge in [0.1, 0.15) is 0 Å². The van der Waals surface area contributed by atoms with Crippen molar-refractivity contribution < 1.29 is 14.7 Å². The lowest BCUT2D eigenvalue weighted by Crippen LogP contribution is -2.21. The fraction of sp³-hybridized carbons (Fsp3) is 0.500. The molecule has 0 aromatic carbocycles. The Labute approximate surface area is 115 Å². The Kier molecular flexibility index (Phi) is 4.73. The SMILES string of the molecule is O=C(CC1CCSCC1)Nc1nccnc1C(=O)O. The zero-order chi connectivity index (χ0) is 13.7. The molecule has 0 saturated carbocycles. The Bertz CT molecular complexity index is 475. The van der Waals surface area contributed by atoms with Gasteiger partial charge in [-0.15, -0.1) is 0 Å². The van der Waals surface area contributed by atoms with Gasteiger partial charge in [-0.2, -0.15) is 11.8 Å². The topological polar surface area (TPSA) is 92.2 Å². The van der Waals surface area contributed by atoms with E-state index in [4.69, 9.17) is 5.11 Å². The Balaban J connectivity index is 1.96. The molecule has 2 heterocycles. The molecule has 0 spiro atoms. The van der Waals surface area contributed by atoms with Crippen molar-refractivity contribution in [2.45, 2.75) is 19.3 Å². The maximum atomic E-state index is 11.9. The van der Waals surface area contributed by atoms with E-state index in [-0.39, 0.29) is 17.4 Å². The third-order valence-corrected chi connectivity index (χ3v) is 4.02. The second-order valence-corrected chi connectivity index (χ2v) is 5.59. The second-order valence-electron chi connectivity index (χ2n) is 4.37. The van der Waals surface area contributed by atoms with Crippen molar-refractivity contribution in [2.75, 3.05) is 16.8 Å². The highest BCUT2D eigenvalue weighted by molar-refractivity contribution is 7.99. The molecular weight excluding hydrogens is 266 g/mol. The van der Waals surface area contributed by atoms with Crippen LogP contribution < -0.4 is 5.32 Å². The quantitative estimate of drug-likeness (QED) is 0.871. The number of hydrogen-bond donors (Lipinski definition) is 2. The molecule has 1 aromatic rings. The van der Waals surface area contributed by atoms with Gasteiger partial charge in [-0.25, -0.2) is 14.8 Å². The number of rotatable bonds is 4. The van der Waals surface area contributed by atoms with Gasteiger partial charge in [-0.3, -0.25) is 4.79 Å². The number of nitrogens with zero attached hydrogens (tertiary/aromatic N) is 2. The smallest absolute Gasteiger partial charge is 0.358 e. The molecule has 19 heavy (non-hydrogen) atoms. The first-order valence-corrected chi connectivity index (χ1v) is 7.24. The standard InChI is InChI=1S/C12H15N3O3S/c16-9(7-8-1-5-19-6-2-8)15-11-10(12(17)18)13-3-4-14-11/h3-4,8H,1-2,5-7H2,(H,17,18)(H,14,15,16). The van der Waals surface area contributed by atoms with Crippen LogP contribution in [0.4, 0.5) is 5.82 Å². The van der Waals surface area contributed by atoms with Gasteiger partial charge in [0.25, 0.3) is 0 Å². The molecule has 0 atom stereocenters. The van der Waals surface area contributed by atoms with E-state index in [1.807, 2.05) is 11.8 Å². The molecule has 2 N–H and O–H groups in total. The molecule has 7 heteroatoms. The molecule has 0 radical (unpaired) electrons. The maximum Gasteiger partial charge on any atom is 0.358 e. The van der Waals surface area contributed by atoms with E-state index in [1.54, 1.807) is 0 Å². The summed E-state index contributed by atoms with van der Waals surface area (Å²) in [7, 11) is 0. The minimum atomic E-state index is -1.20. The minimum absolute atomic E-state index is 0.0187. The Hall–Kier alpha value is -1.63. The lowest BCUT2D eigenvalue weighted by atomic mass is 9.98. The molecule has 1 saturated heterocycles. The average Bonchev–Trinajstić information content (AvgIpc) is 2.40. The van der Waals surface area contributed by atoms with Gasteiger partial charge >= 0.3 is 5.97 Å². The maximum absolute atomic E-state index is 11.9. The number of carboxylic acids is 1. The number of carbonyl (C=O) groups excluding carboxylic acids is 1. The zero-order valence-corrected chi connectivity index (χ0v) is 11.2. The predicted molar refractivity (Wildman–Crippen MR) is 72.3 cm³/mol. The van der Waals surface area contributed by atoms with Crippen molar-refractivity contribution in [2.24, 2.45) is 5.92 Å². The highest BCUT2D eigenvalue weighted by Crippen LogP contribution is 2.25. The van der Waals surface area contributed by atoms with Crippen LogP contribution in [0.1, 0.15) is 29.8 Å². The van der Waals surface area contributed by atoms with Crippen LogP contribution in [0.25, 0.3) is 0 Å². The Morgan fingerprint density at radius 3 is 2.68 bits per heavy atom. The number of aromatic nitrogens is 2. The van der Waals surface area contributed by atoms with Crippen molar-refractivity contribution in [1.29, 1.82) is 0 Å². The average molecular weight is 281 g/mol. The van der Waals surface area contributed by atoms with Crippen molar-refractivity contribution in [3.63, 3.8) is 0 Å². The third-order valence-electron chi connectivity index (χ3n) is 2.97. The number of aromatic carboxylic acids is 1. The largest absolute Gasteiger partial charge is 0.476 e. The summed E-state index contributed by atoms with van der Waals surface area (Å²) in [6, 6.07) is 0. The number of nitrogens with one attached hydrogen (secondary N) is 1. The highest BCUT2D eigenvalue weighted by Gasteiger charge is 2.19. The summed E-state index contributed by atoms with van der Waals surface area (Å²) in [4.78, 5) is 30.4. The highest BCUT2D eigenvalue weighted by atomic mass is 32.2. The molecule has 102 valence electrons. The van der Waals surface area contributed by atoms with Gasteiger partial charge in [0, 0.05) is 18.8 Å². The summed E-state index contributed by atoms with van der Waals surface area (Å²) in [5.74, 6) is 1.18. The summed E-state index contributed by atoms with van der Waals surface area (Å²) < 4.78 is 0. The van der Waals surface area contributed by atoms with Crippen LogP contribution in [0, 0.1) is 5.92 Å². The first kappa shape index (κ1) is 13.8. The molecule has 0 bridgehead atoms. The summed E-state index contributed by atoms with van der Waals surface area (Å²) in [5.41, 5.74) is -0.227. The minimum Gasteiger partial charge on any atom is -0.476 e. The molecular formula is C12H15N3O3S. The van der Waals surface area contributed by atoms with Crippen molar-refractivity contribution >= 4 is 29.5 Å². The van der Waals surface area contributed by atoms with E-state index < -0.39 is 5.97 Å². The van der Waals surface area contributed by atoms with Crippen LogP contribution in [-0.4, -0.2) is 38.5 Å². The van der Waals surface area contributed by atoms with Crippen LogP contribution in [-0.2, 0) is 4.79 Å². The lowest BCUT2D eigenvalue weighted by Gasteiger charge is -2.20. The van der Waals surface area contributed by atoms with Crippen molar-refractivity contribution in [1.82, 2.24) is 9.97 Å². The number of anilines is 1. The zero-order valence-electron chi connectivity index (χ0n) is 10.3. The van der Waals surface area contributed by atoms with Crippen LogP contribution >= 0.6 is 11.8 Å². The fourth-order valence-electron chi connectivity index (χ4n) is 1.98. The molecule has 0 aliphatic carbocycles. The van der Waals surface area contributed by atoms with E-state index in [9.17, 15) is 9.59 Å². The lowest BCUT2D eigenvalue weighted by molar-refractivity contribution is -0.117. The van der Waals surface area contributed by atoms with E-state index >= 15 is 0 Å². The predicted octanol–water partition coefficient (Wildman–Crippen LogP) is 1.65. The molecule has 1 fully saturated rings.